The number of rotatable bonds is 8. The van der Waals surface area contributed by atoms with E-state index in [1.807, 2.05) is 41.1 Å². The van der Waals surface area contributed by atoms with Crippen molar-refractivity contribution in [3.8, 4) is 5.75 Å². The molecule has 31 heavy (non-hydrogen) atoms. The van der Waals surface area contributed by atoms with E-state index in [0.717, 1.165) is 17.1 Å². The summed E-state index contributed by atoms with van der Waals surface area (Å²) < 4.78 is 26.0. The Kier molecular flexibility index (Phi) is 6.12. The number of hydrogen-bond acceptors (Lipinski definition) is 4. The van der Waals surface area contributed by atoms with E-state index in [2.05, 4.69) is 4.98 Å². The molecule has 158 valence electrons. The fraction of sp³-hybridized carbons (Fsp3) is 0.167. The van der Waals surface area contributed by atoms with E-state index in [1.54, 1.807) is 30.5 Å². The lowest BCUT2D eigenvalue weighted by atomic mass is 10.2. The molecule has 0 N–H and O–H groups in total. The summed E-state index contributed by atoms with van der Waals surface area (Å²) in [4.78, 5) is 19.3. The average Bonchev–Trinajstić information content (AvgIpc) is 3.46. The van der Waals surface area contributed by atoms with Gasteiger partial charge in [-0.05, 0) is 54.1 Å². The summed E-state index contributed by atoms with van der Waals surface area (Å²) >= 11 is 0. The lowest BCUT2D eigenvalue weighted by Crippen LogP contribution is -2.31. The van der Waals surface area contributed by atoms with Crippen LogP contribution in [0.25, 0.3) is 0 Å². The van der Waals surface area contributed by atoms with Gasteiger partial charge in [0, 0.05) is 24.5 Å². The summed E-state index contributed by atoms with van der Waals surface area (Å²) in [5.74, 6) is 1.55. The Bertz CT molecular complexity index is 1140. The lowest BCUT2D eigenvalue weighted by molar-refractivity contribution is 0.0711. The van der Waals surface area contributed by atoms with Gasteiger partial charge in [0.2, 0.25) is 0 Å². The molecule has 0 fully saturated rings. The van der Waals surface area contributed by atoms with Gasteiger partial charge in [0.05, 0.1) is 26.5 Å². The maximum Gasteiger partial charge on any atom is 0.254 e. The number of methoxy groups -OCH3 is 1. The van der Waals surface area contributed by atoms with Gasteiger partial charge in [0.15, 0.2) is 0 Å². The quantitative estimate of drug-likeness (QED) is 0.422. The minimum atomic E-state index is -0.386. The van der Waals surface area contributed by atoms with Gasteiger partial charge in [-0.3, -0.25) is 4.79 Å². The third-order valence-corrected chi connectivity index (χ3v) is 4.93. The van der Waals surface area contributed by atoms with Crippen molar-refractivity contribution in [3.05, 3.63) is 108 Å². The van der Waals surface area contributed by atoms with Crippen LogP contribution in [0.4, 0.5) is 4.39 Å². The summed E-state index contributed by atoms with van der Waals surface area (Å²) in [5.41, 5.74) is 1.46. The van der Waals surface area contributed by atoms with Crippen LogP contribution in [0, 0.1) is 5.82 Å². The lowest BCUT2D eigenvalue weighted by Gasteiger charge is -2.22. The third-order valence-electron chi connectivity index (χ3n) is 4.93. The first-order chi connectivity index (χ1) is 15.1. The van der Waals surface area contributed by atoms with Crippen molar-refractivity contribution < 1.29 is 18.3 Å². The molecular formula is C24H22FN3O3. The first-order valence-electron chi connectivity index (χ1n) is 9.82. The molecule has 2 aromatic heterocycles. The molecule has 0 saturated carbocycles. The first-order valence-corrected chi connectivity index (χ1v) is 9.82. The molecule has 4 rings (SSSR count). The van der Waals surface area contributed by atoms with E-state index < -0.39 is 0 Å². The number of aromatic nitrogens is 2. The standard InChI is InChI=1S/C24H22FN3O3/c1-30-21-5-2-4-18(14-21)15-27-12-11-26-23(27)17-28(16-22-6-3-13-31-22)24(29)19-7-9-20(25)10-8-19/h2-14H,15-17H2,1H3. The Balaban J connectivity index is 1.57. The highest BCUT2D eigenvalue weighted by molar-refractivity contribution is 5.94. The van der Waals surface area contributed by atoms with Gasteiger partial charge in [-0.1, -0.05) is 12.1 Å². The van der Waals surface area contributed by atoms with E-state index in [9.17, 15) is 9.18 Å². The number of halogens is 1. The van der Waals surface area contributed by atoms with Crippen molar-refractivity contribution in [2.75, 3.05) is 7.11 Å². The maximum absolute atomic E-state index is 13.3. The van der Waals surface area contributed by atoms with Crippen LogP contribution in [0.5, 0.6) is 5.75 Å². The van der Waals surface area contributed by atoms with Gasteiger partial charge >= 0.3 is 0 Å². The second-order valence-electron chi connectivity index (χ2n) is 7.07. The van der Waals surface area contributed by atoms with Gasteiger partial charge in [-0.2, -0.15) is 0 Å². The molecule has 2 aromatic carbocycles. The molecule has 0 saturated heterocycles. The molecule has 6 nitrogen and oxygen atoms in total. The number of nitrogens with zero attached hydrogens (tertiary/aromatic N) is 3. The third kappa shape index (κ3) is 5.01. The highest BCUT2D eigenvalue weighted by atomic mass is 19.1. The summed E-state index contributed by atoms with van der Waals surface area (Å²) in [7, 11) is 1.63. The van der Waals surface area contributed by atoms with Crippen molar-refractivity contribution >= 4 is 5.91 Å². The van der Waals surface area contributed by atoms with E-state index in [-0.39, 0.29) is 24.8 Å². The van der Waals surface area contributed by atoms with Crippen molar-refractivity contribution in [3.63, 3.8) is 0 Å². The highest BCUT2D eigenvalue weighted by Crippen LogP contribution is 2.17. The predicted octanol–water partition coefficient (Wildman–Crippen LogP) is 4.51. The number of amides is 1. The molecule has 0 aliphatic carbocycles. The average molecular weight is 419 g/mol. The molecule has 0 aliphatic heterocycles. The number of imidazole rings is 1. The Morgan fingerprint density at radius 2 is 1.97 bits per heavy atom. The smallest absolute Gasteiger partial charge is 0.254 e. The summed E-state index contributed by atoms with van der Waals surface area (Å²) in [5, 5.41) is 0. The highest BCUT2D eigenvalue weighted by Gasteiger charge is 2.20. The van der Waals surface area contributed by atoms with Crippen molar-refractivity contribution in [2.45, 2.75) is 19.6 Å². The molecule has 7 heteroatoms. The van der Waals surface area contributed by atoms with Crippen LogP contribution in [-0.4, -0.2) is 27.5 Å². The molecule has 4 aromatic rings. The van der Waals surface area contributed by atoms with Crippen molar-refractivity contribution in [1.82, 2.24) is 14.5 Å². The van der Waals surface area contributed by atoms with Crippen LogP contribution < -0.4 is 4.74 Å². The van der Waals surface area contributed by atoms with Crippen LogP contribution in [0.1, 0.15) is 27.5 Å². The predicted molar refractivity (Wildman–Crippen MR) is 113 cm³/mol. The SMILES string of the molecule is COc1cccc(Cn2ccnc2CN(Cc2ccco2)C(=O)c2ccc(F)cc2)c1. The molecule has 0 atom stereocenters. The van der Waals surface area contributed by atoms with Gasteiger partial charge in [-0.15, -0.1) is 0 Å². The Morgan fingerprint density at radius 1 is 1.13 bits per heavy atom. The first kappa shape index (κ1) is 20.4. The molecule has 2 heterocycles. The molecule has 1 amide bonds. The van der Waals surface area contributed by atoms with E-state index in [0.29, 0.717) is 17.9 Å². The van der Waals surface area contributed by atoms with Gasteiger partial charge < -0.3 is 18.6 Å². The molecule has 0 radical (unpaired) electrons. The Labute approximate surface area is 179 Å². The Hall–Kier alpha value is -3.87. The monoisotopic (exact) mass is 419 g/mol. The molecule has 0 unspecified atom stereocenters. The number of carbonyl (C=O) groups is 1. The van der Waals surface area contributed by atoms with Crippen LogP contribution in [0.3, 0.4) is 0 Å². The maximum atomic E-state index is 13.3. The van der Waals surface area contributed by atoms with Gasteiger partial charge in [-0.25, -0.2) is 9.37 Å². The topological polar surface area (TPSA) is 60.5 Å². The van der Waals surface area contributed by atoms with E-state index in [4.69, 9.17) is 9.15 Å². The minimum Gasteiger partial charge on any atom is -0.497 e. The van der Waals surface area contributed by atoms with E-state index >= 15 is 0 Å². The second-order valence-corrected chi connectivity index (χ2v) is 7.07. The fourth-order valence-electron chi connectivity index (χ4n) is 3.34. The normalized spacial score (nSPS) is 10.8. The van der Waals surface area contributed by atoms with Gasteiger partial charge in [0.25, 0.3) is 5.91 Å². The number of benzene rings is 2. The van der Waals surface area contributed by atoms with Crippen LogP contribution in [-0.2, 0) is 19.6 Å². The van der Waals surface area contributed by atoms with E-state index in [1.165, 1.54) is 24.3 Å². The molecule has 0 aliphatic rings. The fourth-order valence-corrected chi connectivity index (χ4v) is 3.34. The van der Waals surface area contributed by atoms with Crippen LogP contribution in [0.2, 0.25) is 0 Å². The van der Waals surface area contributed by atoms with Crippen molar-refractivity contribution in [2.24, 2.45) is 0 Å². The number of furan rings is 1. The molecule has 0 bridgehead atoms. The largest absolute Gasteiger partial charge is 0.497 e. The number of hydrogen-bond donors (Lipinski definition) is 0. The second kappa shape index (κ2) is 9.30. The zero-order valence-electron chi connectivity index (χ0n) is 17.1. The Morgan fingerprint density at radius 3 is 2.71 bits per heavy atom. The van der Waals surface area contributed by atoms with Crippen molar-refractivity contribution in [1.29, 1.82) is 0 Å². The summed E-state index contributed by atoms with van der Waals surface area (Å²) in [6.07, 6.45) is 5.16. The van der Waals surface area contributed by atoms with Crippen LogP contribution in [0.15, 0.2) is 83.7 Å². The molecular weight excluding hydrogens is 397 g/mol. The zero-order valence-corrected chi connectivity index (χ0v) is 17.1. The summed E-state index contributed by atoms with van der Waals surface area (Å²) in [6, 6.07) is 16.9. The summed E-state index contributed by atoms with van der Waals surface area (Å²) in [6.45, 7) is 1.13. The minimum absolute atomic E-state index is 0.229. The number of ether oxygens (including phenoxy) is 1. The van der Waals surface area contributed by atoms with Gasteiger partial charge in [0.1, 0.15) is 23.2 Å². The zero-order chi connectivity index (χ0) is 21.6. The molecule has 0 spiro atoms. The number of carbonyl (C=O) groups excluding carboxylic acids is 1. The van der Waals surface area contributed by atoms with Crippen LogP contribution >= 0.6 is 0 Å².